The maximum Gasteiger partial charge on any atom is 0.334 e. The van der Waals surface area contributed by atoms with Crippen LogP contribution in [-0.4, -0.2) is 102 Å². The second-order valence-corrected chi connectivity index (χ2v) is 8.91. The molecule has 0 spiro atoms. The first-order chi connectivity index (χ1) is 16.0. The molecule has 2 fully saturated rings. The third-order valence-corrected chi connectivity index (χ3v) is 6.36. The molecule has 0 saturated carbocycles. The lowest BCUT2D eigenvalue weighted by Gasteiger charge is -2.54. The highest BCUT2D eigenvalue weighted by Crippen LogP contribution is 2.27. The van der Waals surface area contributed by atoms with E-state index in [1.165, 1.54) is 0 Å². The van der Waals surface area contributed by atoms with Crippen LogP contribution in [0.3, 0.4) is 0 Å². The number of carbonyl (C=O) groups is 3. The zero-order valence-corrected chi connectivity index (χ0v) is 19.9. The Morgan fingerprint density at radius 3 is 2.76 bits per heavy atom. The van der Waals surface area contributed by atoms with Crippen molar-refractivity contribution in [1.82, 2.24) is 25.1 Å². The second-order valence-electron chi connectivity index (χ2n) is 7.92. The summed E-state index contributed by atoms with van der Waals surface area (Å²) in [6, 6.07) is 8.69. The molecule has 1 aromatic carbocycles. The highest BCUT2D eigenvalue weighted by Gasteiger charge is 2.50. The van der Waals surface area contributed by atoms with Crippen LogP contribution < -0.4 is 5.32 Å². The van der Waals surface area contributed by atoms with E-state index in [0.717, 1.165) is 11.3 Å². The number of nitrogens with zero attached hydrogens (tertiary/aromatic N) is 4. The first kappa shape index (κ1) is 24.9. The molecule has 1 aromatic rings. The molecule has 9 nitrogen and oxygen atoms in total. The van der Waals surface area contributed by atoms with Crippen molar-refractivity contribution in [3.05, 3.63) is 35.9 Å². The predicted octanol–water partition coefficient (Wildman–Crippen LogP) is 0.827. The zero-order chi connectivity index (χ0) is 23.8. The lowest BCUT2D eigenvalue weighted by Crippen LogP contribution is -2.76. The summed E-state index contributed by atoms with van der Waals surface area (Å²) in [5, 5.41) is 6.12. The number of piperazine rings is 1. The van der Waals surface area contributed by atoms with E-state index in [1.807, 2.05) is 36.6 Å². The molecule has 3 rings (SSSR count). The number of rotatable bonds is 9. The number of hydrogen-bond donors (Lipinski definition) is 1. The number of carbonyl (C=O) groups excluding carboxylic acids is 3. The molecule has 2 aliphatic heterocycles. The number of ether oxygens (including phenoxy) is 1. The number of benzene rings is 1. The van der Waals surface area contributed by atoms with Crippen molar-refractivity contribution in [2.75, 3.05) is 51.9 Å². The molecule has 10 heteroatoms. The molecule has 2 heterocycles. The van der Waals surface area contributed by atoms with Crippen LogP contribution in [0.1, 0.15) is 12.0 Å². The molecule has 0 aromatic heterocycles. The minimum atomic E-state index is -0.616. The van der Waals surface area contributed by atoms with Gasteiger partial charge in [-0.3, -0.25) is 9.59 Å². The molecule has 2 atom stereocenters. The summed E-state index contributed by atoms with van der Waals surface area (Å²) in [6.45, 7) is 1.41. The average Bonchev–Trinajstić information content (AvgIpc) is 2.81. The molecule has 4 amide bonds. The summed E-state index contributed by atoms with van der Waals surface area (Å²) in [5.41, 5.74) is 0.974. The minimum Gasteiger partial charge on any atom is -0.367 e. The van der Waals surface area contributed by atoms with Gasteiger partial charge in [0, 0.05) is 20.1 Å². The first-order valence-electron chi connectivity index (χ1n) is 10.9. The summed E-state index contributed by atoms with van der Waals surface area (Å²) < 4.78 is 5.37. The molecular formula is C23H31N5O4S. The zero-order valence-electron chi connectivity index (χ0n) is 19.1. The Morgan fingerprint density at radius 1 is 1.30 bits per heavy atom. The molecule has 2 aliphatic rings. The van der Waals surface area contributed by atoms with Gasteiger partial charge in [-0.05, 0) is 24.0 Å². The molecule has 0 unspecified atom stereocenters. The van der Waals surface area contributed by atoms with Crippen LogP contribution >= 0.6 is 11.8 Å². The normalized spacial score (nSPS) is 21.1. The van der Waals surface area contributed by atoms with Crippen molar-refractivity contribution in [3.63, 3.8) is 0 Å². The molecule has 178 valence electrons. The van der Waals surface area contributed by atoms with Gasteiger partial charge >= 0.3 is 6.03 Å². The summed E-state index contributed by atoms with van der Waals surface area (Å²) in [7, 11) is 1.71. The highest BCUT2D eigenvalue weighted by atomic mass is 32.2. The van der Waals surface area contributed by atoms with Gasteiger partial charge in [-0.1, -0.05) is 36.3 Å². The van der Waals surface area contributed by atoms with E-state index in [2.05, 4.69) is 11.2 Å². The number of terminal acetylenes is 1. The van der Waals surface area contributed by atoms with Crippen LogP contribution in [0.5, 0.6) is 0 Å². The predicted molar refractivity (Wildman–Crippen MR) is 127 cm³/mol. The highest BCUT2D eigenvalue weighted by molar-refractivity contribution is 7.98. The summed E-state index contributed by atoms with van der Waals surface area (Å²) in [5.74, 6) is 2.86. The van der Waals surface area contributed by atoms with Crippen molar-refractivity contribution in [2.24, 2.45) is 0 Å². The standard InChI is InChI=1S/C23H31N5O4S/c1-4-12-32-13-11-26-16-20-27(19(22(26)30)10-14-33-3)21(29)17-25(2)28(20)23(31)24-15-18-8-6-5-7-9-18/h1,5-9,19-20H,10-17H2,2-3H3,(H,24,31)/t19-,20-/m0/s1. The topological polar surface area (TPSA) is 85.4 Å². The number of hydrazine groups is 1. The minimum absolute atomic E-state index is 0.0313. The summed E-state index contributed by atoms with van der Waals surface area (Å²) in [4.78, 5) is 42.8. The monoisotopic (exact) mass is 473 g/mol. The van der Waals surface area contributed by atoms with Crippen LogP contribution in [0, 0.1) is 12.3 Å². The van der Waals surface area contributed by atoms with Crippen molar-refractivity contribution in [1.29, 1.82) is 0 Å². The summed E-state index contributed by atoms with van der Waals surface area (Å²) in [6.07, 6.45) is 7.12. The maximum absolute atomic E-state index is 13.3. The SMILES string of the molecule is C#CCOCCN1C[C@H]2N(C(=O)CN(C)N2C(=O)NCc2ccccc2)[C@@H](CCSC)C1=O. The smallest absolute Gasteiger partial charge is 0.334 e. The van der Waals surface area contributed by atoms with Crippen LogP contribution in [0.2, 0.25) is 0 Å². The van der Waals surface area contributed by atoms with Crippen molar-refractivity contribution < 1.29 is 19.1 Å². The quantitative estimate of drug-likeness (QED) is 0.422. The second kappa shape index (κ2) is 11.9. The molecular weight excluding hydrogens is 442 g/mol. The van der Waals surface area contributed by atoms with E-state index in [4.69, 9.17) is 11.2 Å². The van der Waals surface area contributed by atoms with Gasteiger partial charge in [-0.25, -0.2) is 14.8 Å². The van der Waals surface area contributed by atoms with Crippen LogP contribution in [0.25, 0.3) is 0 Å². The number of amides is 4. The van der Waals surface area contributed by atoms with E-state index in [9.17, 15) is 14.4 Å². The lowest BCUT2D eigenvalue weighted by atomic mass is 10.0. The van der Waals surface area contributed by atoms with E-state index < -0.39 is 12.2 Å². The number of likely N-dealkylation sites (N-methyl/N-ethyl adjacent to an activating group) is 1. The fraction of sp³-hybridized carbons (Fsp3) is 0.522. The van der Waals surface area contributed by atoms with Gasteiger partial charge in [-0.15, -0.1) is 6.42 Å². The van der Waals surface area contributed by atoms with Crippen LogP contribution in [0.4, 0.5) is 4.79 Å². The largest absolute Gasteiger partial charge is 0.367 e. The summed E-state index contributed by atoms with van der Waals surface area (Å²) >= 11 is 1.62. The maximum atomic E-state index is 13.3. The fourth-order valence-electron chi connectivity index (χ4n) is 4.17. The average molecular weight is 474 g/mol. The van der Waals surface area contributed by atoms with Crippen molar-refractivity contribution >= 4 is 29.6 Å². The van der Waals surface area contributed by atoms with E-state index in [-0.39, 0.29) is 37.5 Å². The van der Waals surface area contributed by atoms with Gasteiger partial charge < -0.3 is 19.9 Å². The lowest BCUT2D eigenvalue weighted by molar-refractivity contribution is -0.187. The van der Waals surface area contributed by atoms with Crippen LogP contribution in [0.15, 0.2) is 30.3 Å². The van der Waals surface area contributed by atoms with Gasteiger partial charge in [-0.2, -0.15) is 11.8 Å². The molecule has 33 heavy (non-hydrogen) atoms. The van der Waals surface area contributed by atoms with Crippen LogP contribution in [-0.2, 0) is 20.9 Å². The molecule has 0 radical (unpaired) electrons. The Bertz CT molecular complexity index is 877. The van der Waals surface area contributed by atoms with Crippen molar-refractivity contribution in [3.8, 4) is 12.3 Å². The van der Waals surface area contributed by atoms with Crippen molar-refractivity contribution in [2.45, 2.75) is 25.2 Å². The van der Waals surface area contributed by atoms with Gasteiger partial charge in [0.2, 0.25) is 11.8 Å². The third-order valence-electron chi connectivity index (χ3n) is 5.72. The molecule has 0 bridgehead atoms. The number of hydrogen-bond acceptors (Lipinski definition) is 6. The van der Waals surface area contributed by atoms with Gasteiger partial charge in [0.05, 0.1) is 19.7 Å². The van der Waals surface area contributed by atoms with E-state index in [0.29, 0.717) is 26.1 Å². The Balaban J connectivity index is 1.80. The van der Waals surface area contributed by atoms with E-state index >= 15 is 0 Å². The Labute approximate surface area is 199 Å². The molecule has 2 saturated heterocycles. The molecule has 0 aliphatic carbocycles. The number of nitrogens with one attached hydrogen (secondary N) is 1. The number of thioether (sulfide) groups is 1. The third kappa shape index (κ3) is 5.99. The van der Waals surface area contributed by atoms with Gasteiger partial charge in [0.1, 0.15) is 18.8 Å². The van der Waals surface area contributed by atoms with E-state index in [1.54, 1.807) is 38.6 Å². The van der Waals surface area contributed by atoms with Gasteiger partial charge in [0.15, 0.2) is 0 Å². The number of fused-ring (bicyclic) bond motifs is 1. The van der Waals surface area contributed by atoms with Gasteiger partial charge in [0.25, 0.3) is 0 Å². The first-order valence-corrected chi connectivity index (χ1v) is 12.3. The fourth-order valence-corrected chi connectivity index (χ4v) is 4.63. The Morgan fingerprint density at radius 2 is 2.06 bits per heavy atom. The Hall–Kier alpha value is -2.74. The molecule has 1 N–H and O–H groups in total. The Kier molecular flexibility index (Phi) is 9.00. The number of urea groups is 1.